The fourth-order valence-electron chi connectivity index (χ4n) is 2.94. The molecule has 1 rings (SSSR count). The summed E-state index contributed by atoms with van der Waals surface area (Å²) < 4.78 is 0. The summed E-state index contributed by atoms with van der Waals surface area (Å²) in [6.45, 7) is -1.63. The molecule has 28 heavy (non-hydrogen) atoms. The maximum absolute atomic E-state index is 11.4. The second kappa shape index (κ2) is 11.5. The zero-order valence-electron chi connectivity index (χ0n) is 15.4. The SMILES string of the molecule is O=C(O)N1CCN(C(=O)O)CCN([C@@H](CO)[C@H](O)CO)CCN(C(=O)O)CC1. The maximum atomic E-state index is 11.4. The topological polar surface area (TPSA) is 186 Å². The number of hydrogen-bond acceptors (Lipinski definition) is 7. The Morgan fingerprint density at radius 3 is 1.21 bits per heavy atom. The average molecular weight is 408 g/mol. The predicted molar refractivity (Wildman–Crippen MR) is 94.3 cm³/mol. The zero-order valence-corrected chi connectivity index (χ0v) is 15.4. The van der Waals surface area contributed by atoms with Gasteiger partial charge in [0.2, 0.25) is 0 Å². The highest BCUT2D eigenvalue weighted by atomic mass is 16.4. The molecule has 0 unspecified atom stereocenters. The minimum Gasteiger partial charge on any atom is -0.465 e. The molecule has 0 aliphatic carbocycles. The highest BCUT2D eigenvalue weighted by molar-refractivity contribution is 5.67. The van der Waals surface area contributed by atoms with Gasteiger partial charge in [-0.25, -0.2) is 14.4 Å². The Labute approximate surface area is 161 Å². The molecule has 0 saturated carbocycles. The van der Waals surface area contributed by atoms with Crippen molar-refractivity contribution in [3.63, 3.8) is 0 Å². The van der Waals surface area contributed by atoms with E-state index in [4.69, 9.17) is 0 Å². The van der Waals surface area contributed by atoms with Crippen LogP contribution in [0.4, 0.5) is 14.4 Å². The van der Waals surface area contributed by atoms with Gasteiger partial charge in [-0.2, -0.15) is 0 Å². The number of rotatable bonds is 4. The minimum atomic E-state index is -1.29. The lowest BCUT2D eigenvalue weighted by Crippen LogP contribution is -2.54. The molecule has 13 heteroatoms. The molecule has 1 aliphatic rings. The smallest absolute Gasteiger partial charge is 0.407 e. The van der Waals surface area contributed by atoms with E-state index in [-0.39, 0.29) is 52.4 Å². The van der Waals surface area contributed by atoms with Crippen molar-refractivity contribution in [3.8, 4) is 0 Å². The molecule has 0 aromatic rings. The van der Waals surface area contributed by atoms with E-state index < -0.39 is 43.6 Å². The van der Waals surface area contributed by atoms with Crippen molar-refractivity contribution in [2.24, 2.45) is 0 Å². The molecule has 3 amide bonds. The number of nitrogens with zero attached hydrogens (tertiary/aromatic N) is 4. The fourth-order valence-corrected chi connectivity index (χ4v) is 2.94. The quantitative estimate of drug-likeness (QED) is 0.302. The van der Waals surface area contributed by atoms with Gasteiger partial charge in [0, 0.05) is 52.4 Å². The van der Waals surface area contributed by atoms with Crippen molar-refractivity contribution in [2.45, 2.75) is 12.1 Å². The molecule has 1 saturated heterocycles. The van der Waals surface area contributed by atoms with E-state index in [1.54, 1.807) is 0 Å². The van der Waals surface area contributed by atoms with E-state index in [2.05, 4.69) is 0 Å². The molecule has 13 nitrogen and oxygen atoms in total. The Bertz CT molecular complexity index is 506. The van der Waals surface area contributed by atoms with E-state index >= 15 is 0 Å². The molecule has 0 radical (unpaired) electrons. The normalized spacial score (nSPS) is 20.0. The molecule has 1 aliphatic heterocycles. The lowest BCUT2D eigenvalue weighted by atomic mass is 10.1. The van der Waals surface area contributed by atoms with Crippen LogP contribution >= 0.6 is 0 Å². The third-order valence-electron chi connectivity index (χ3n) is 4.69. The van der Waals surface area contributed by atoms with Gasteiger partial charge in [-0.1, -0.05) is 0 Å². The van der Waals surface area contributed by atoms with E-state index in [0.717, 1.165) is 14.7 Å². The summed E-state index contributed by atoms with van der Waals surface area (Å²) in [6, 6.07) is -0.908. The van der Waals surface area contributed by atoms with Gasteiger partial charge in [-0.05, 0) is 0 Å². The monoisotopic (exact) mass is 408 g/mol. The third kappa shape index (κ3) is 6.99. The Morgan fingerprint density at radius 2 is 0.964 bits per heavy atom. The number of aliphatic hydroxyl groups is 3. The van der Waals surface area contributed by atoms with Crippen LogP contribution in [0.2, 0.25) is 0 Å². The standard InChI is InChI=1S/C15H28N4O9/c20-9-11(12(22)10-21)16-1-3-17(13(23)24)5-7-19(15(27)28)8-6-18(4-2-16)14(25)26/h11-12,20-22H,1-10H2,(H,23,24)(H,25,26)(H,27,28)/t11-,12+/m0/s1. The van der Waals surface area contributed by atoms with Gasteiger partial charge in [-0.15, -0.1) is 0 Å². The van der Waals surface area contributed by atoms with Crippen LogP contribution in [0, 0.1) is 0 Å². The first-order valence-corrected chi connectivity index (χ1v) is 8.78. The van der Waals surface area contributed by atoms with Crippen molar-refractivity contribution in [3.05, 3.63) is 0 Å². The number of aliphatic hydroxyl groups excluding tert-OH is 3. The molecule has 0 aromatic carbocycles. The second-order valence-corrected chi connectivity index (χ2v) is 6.34. The van der Waals surface area contributed by atoms with Gasteiger partial charge in [0.05, 0.1) is 25.4 Å². The number of amides is 3. The molecular formula is C15H28N4O9. The first kappa shape index (κ1) is 23.7. The van der Waals surface area contributed by atoms with Crippen LogP contribution in [0.3, 0.4) is 0 Å². The van der Waals surface area contributed by atoms with Crippen LogP contribution in [0.1, 0.15) is 0 Å². The van der Waals surface area contributed by atoms with Gasteiger partial charge >= 0.3 is 18.3 Å². The summed E-state index contributed by atoms with van der Waals surface area (Å²) >= 11 is 0. The summed E-state index contributed by atoms with van der Waals surface area (Å²) in [5.41, 5.74) is 0. The lowest BCUT2D eigenvalue weighted by molar-refractivity contribution is -0.0185. The molecule has 1 heterocycles. The molecule has 0 aromatic heterocycles. The first-order valence-electron chi connectivity index (χ1n) is 8.78. The Kier molecular flexibility index (Phi) is 9.72. The van der Waals surface area contributed by atoms with Gasteiger partial charge < -0.3 is 45.3 Å². The molecule has 0 bridgehead atoms. The largest absolute Gasteiger partial charge is 0.465 e. The van der Waals surface area contributed by atoms with E-state index in [1.165, 1.54) is 4.90 Å². The summed E-state index contributed by atoms with van der Waals surface area (Å²) in [4.78, 5) is 38.7. The van der Waals surface area contributed by atoms with Crippen molar-refractivity contribution >= 4 is 18.3 Å². The van der Waals surface area contributed by atoms with Crippen LogP contribution < -0.4 is 0 Å². The minimum absolute atomic E-state index is 0.0507. The number of carbonyl (C=O) groups is 3. The zero-order chi connectivity index (χ0) is 21.3. The van der Waals surface area contributed by atoms with Crippen molar-refractivity contribution in [2.75, 3.05) is 65.6 Å². The van der Waals surface area contributed by atoms with Crippen LogP contribution in [0.15, 0.2) is 0 Å². The summed E-state index contributed by atoms with van der Waals surface area (Å²) in [5.74, 6) is 0. The van der Waals surface area contributed by atoms with E-state index in [9.17, 15) is 45.0 Å². The summed E-state index contributed by atoms with van der Waals surface area (Å²) in [5, 5.41) is 56.6. The molecular weight excluding hydrogens is 380 g/mol. The molecule has 162 valence electrons. The van der Waals surface area contributed by atoms with E-state index in [1.807, 2.05) is 0 Å². The Morgan fingerprint density at radius 1 is 0.643 bits per heavy atom. The third-order valence-corrected chi connectivity index (χ3v) is 4.69. The maximum Gasteiger partial charge on any atom is 0.407 e. The van der Waals surface area contributed by atoms with Crippen LogP contribution in [0.25, 0.3) is 0 Å². The van der Waals surface area contributed by atoms with Crippen molar-refractivity contribution < 1.29 is 45.0 Å². The number of hydrogen-bond donors (Lipinski definition) is 6. The Balaban J connectivity index is 3.05. The van der Waals surface area contributed by atoms with Gasteiger partial charge in [0.1, 0.15) is 0 Å². The van der Waals surface area contributed by atoms with Crippen molar-refractivity contribution in [1.29, 1.82) is 0 Å². The molecule has 6 N–H and O–H groups in total. The van der Waals surface area contributed by atoms with Crippen LogP contribution in [-0.2, 0) is 0 Å². The van der Waals surface area contributed by atoms with Gasteiger partial charge in [0.15, 0.2) is 0 Å². The average Bonchev–Trinajstić information content (AvgIpc) is 2.62. The summed E-state index contributed by atoms with van der Waals surface area (Å²) in [7, 11) is 0. The van der Waals surface area contributed by atoms with Crippen LogP contribution in [0.5, 0.6) is 0 Å². The highest BCUT2D eigenvalue weighted by Crippen LogP contribution is 2.08. The fraction of sp³-hybridized carbons (Fsp3) is 0.800. The lowest BCUT2D eigenvalue weighted by Gasteiger charge is -2.36. The second-order valence-electron chi connectivity index (χ2n) is 6.34. The van der Waals surface area contributed by atoms with Crippen LogP contribution in [-0.4, -0.2) is 146 Å². The van der Waals surface area contributed by atoms with Crippen molar-refractivity contribution in [1.82, 2.24) is 19.6 Å². The Hall–Kier alpha value is -2.35. The highest BCUT2D eigenvalue weighted by Gasteiger charge is 2.28. The van der Waals surface area contributed by atoms with Gasteiger partial charge in [-0.3, -0.25) is 4.90 Å². The van der Waals surface area contributed by atoms with Gasteiger partial charge in [0.25, 0.3) is 0 Å². The van der Waals surface area contributed by atoms with E-state index in [0.29, 0.717) is 0 Å². The molecule has 0 spiro atoms. The number of carboxylic acid groups (broad SMARTS) is 3. The molecule has 1 fully saturated rings. The summed E-state index contributed by atoms with van der Waals surface area (Å²) in [6.07, 6.45) is -5.08. The predicted octanol–water partition coefficient (Wildman–Crippen LogP) is -2.04. The molecule has 2 atom stereocenters. The first-order chi connectivity index (χ1) is 13.2.